The summed E-state index contributed by atoms with van der Waals surface area (Å²) < 4.78 is 0. The van der Waals surface area contributed by atoms with Crippen LogP contribution in [0.5, 0.6) is 0 Å². The van der Waals surface area contributed by atoms with Crippen molar-refractivity contribution in [1.82, 2.24) is 0 Å². The van der Waals surface area contributed by atoms with Crippen molar-refractivity contribution in [3.63, 3.8) is 0 Å². The summed E-state index contributed by atoms with van der Waals surface area (Å²) in [5, 5.41) is 0. The summed E-state index contributed by atoms with van der Waals surface area (Å²) in [6.45, 7) is 12.7. The largest absolute Gasteiger partial charge is 0.0683 e. The predicted octanol–water partition coefficient (Wildman–Crippen LogP) is 5.81. The van der Waals surface area contributed by atoms with Crippen molar-refractivity contribution in [2.45, 2.75) is 86.5 Å². The molecular weight excluding hydrogens is 156 g/mol. The fraction of sp³-hybridized carbons (Fsp3) is 1.00. The fourth-order valence-corrected chi connectivity index (χ4v) is 0.354. The maximum absolute atomic E-state index is 2.21. The molecule has 0 saturated heterocycles. The van der Waals surface area contributed by atoms with Gasteiger partial charge in [-0.1, -0.05) is 86.5 Å². The lowest BCUT2D eigenvalue weighted by Gasteiger charge is -1.79. The summed E-state index contributed by atoms with van der Waals surface area (Å²) in [5.41, 5.74) is 0. The molecule has 0 spiro atoms. The van der Waals surface area contributed by atoms with Crippen LogP contribution in [-0.2, 0) is 0 Å². The topological polar surface area (TPSA) is 0 Å². The zero-order chi connectivity index (χ0) is 10.9. The van der Waals surface area contributed by atoms with Crippen LogP contribution >= 0.6 is 0 Å². The number of hydrogen-bond acceptors (Lipinski definition) is 0. The lowest BCUT2D eigenvalue weighted by Crippen LogP contribution is -1.59. The highest BCUT2D eigenvalue weighted by Gasteiger charge is 1.95. The van der Waals surface area contributed by atoms with Gasteiger partial charge in [0.2, 0.25) is 0 Å². The SMILES string of the molecule is C1CC1.CC.CCC.CCCCC. The molecule has 0 aromatic rings. The molecule has 1 rings (SSSR count). The Kier molecular flexibility index (Phi) is 42.7. The molecule has 0 bridgehead atoms. The molecule has 0 unspecified atom stereocenters. The van der Waals surface area contributed by atoms with Crippen molar-refractivity contribution >= 4 is 0 Å². The van der Waals surface area contributed by atoms with Crippen LogP contribution in [0, 0.1) is 0 Å². The molecule has 13 heavy (non-hydrogen) atoms. The molecule has 1 aliphatic carbocycles. The monoisotopic (exact) mass is 188 g/mol. The van der Waals surface area contributed by atoms with E-state index >= 15 is 0 Å². The first-order chi connectivity index (χ1) is 6.33. The Morgan fingerprint density at radius 3 is 0.923 bits per heavy atom. The van der Waals surface area contributed by atoms with Crippen molar-refractivity contribution in [2.75, 3.05) is 0 Å². The Hall–Kier alpha value is 0. The molecule has 0 heterocycles. The molecular formula is C13H32. The highest BCUT2D eigenvalue weighted by Crippen LogP contribution is 2.14. The van der Waals surface area contributed by atoms with E-state index in [9.17, 15) is 0 Å². The Morgan fingerprint density at radius 1 is 0.692 bits per heavy atom. The van der Waals surface area contributed by atoms with Crippen molar-refractivity contribution in [1.29, 1.82) is 0 Å². The van der Waals surface area contributed by atoms with E-state index in [4.69, 9.17) is 0 Å². The van der Waals surface area contributed by atoms with Gasteiger partial charge in [-0.05, 0) is 0 Å². The van der Waals surface area contributed by atoms with Gasteiger partial charge in [0, 0.05) is 0 Å². The molecule has 0 N–H and O–H groups in total. The molecule has 0 amide bonds. The second kappa shape index (κ2) is 29.6. The van der Waals surface area contributed by atoms with Crippen LogP contribution in [0.1, 0.15) is 86.5 Å². The van der Waals surface area contributed by atoms with Crippen molar-refractivity contribution in [3.8, 4) is 0 Å². The van der Waals surface area contributed by atoms with Gasteiger partial charge in [-0.3, -0.25) is 0 Å². The quantitative estimate of drug-likeness (QED) is 0.513. The summed E-state index contributed by atoms with van der Waals surface area (Å²) in [6, 6.07) is 0. The maximum Gasteiger partial charge on any atom is -0.0533 e. The summed E-state index contributed by atoms with van der Waals surface area (Å²) in [4.78, 5) is 0. The van der Waals surface area contributed by atoms with Crippen LogP contribution < -0.4 is 0 Å². The number of hydrogen-bond donors (Lipinski definition) is 0. The van der Waals surface area contributed by atoms with Gasteiger partial charge in [0.1, 0.15) is 0 Å². The molecule has 0 aromatic heterocycles. The summed E-state index contributed by atoms with van der Waals surface area (Å²) in [6.07, 6.45) is 9.83. The lowest BCUT2D eigenvalue weighted by atomic mass is 10.3. The smallest absolute Gasteiger partial charge is 0.0533 e. The first-order valence-corrected chi connectivity index (χ1v) is 6.33. The lowest BCUT2D eigenvalue weighted by molar-refractivity contribution is 0.772. The van der Waals surface area contributed by atoms with Gasteiger partial charge in [-0.2, -0.15) is 0 Å². The van der Waals surface area contributed by atoms with Gasteiger partial charge in [0.15, 0.2) is 0 Å². The van der Waals surface area contributed by atoms with Crippen LogP contribution in [-0.4, -0.2) is 0 Å². The molecule has 0 atom stereocenters. The fourth-order valence-electron chi connectivity index (χ4n) is 0.354. The minimum atomic E-state index is 1.25. The first-order valence-electron chi connectivity index (χ1n) is 6.33. The molecule has 0 heteroatoms. The zero-order valence-electron chi connectivity index (χ0n) is 10.9. The normalized spacial score (nSPS) is 10.6. The molecule has 1 fully saturated rings. The van der Waals surface area contributed by atoms with E-state index in [-0.39, 0.29) is 0 Å². The third kappa shape index (κ3) is 133. The Labute approximate surface area is 87.1 Å². The minimum Gasteiger partial charge on any atom is -0.0683 e. The van der Waals surface area contributed by atoms with Gasteiger partial charge < -0.3 is 0 Å². The summed E-state index contributed by atoms with van der Waals surface area (Å²) in [5.74, 6) is 0. The van der Waals surface area contributed by atoms with Gasteiger partial charge >= 0.3 is 0 Å². The van der Waals surface area contributed by atoms with E-state index in [2.05, 4.69) is 27.7 Å². The van der Waals surface area contributed by atoms with Gasteiger partial charge in [-0.15, -0.1) is 0 Å². The highest BCUT2D eigenvalue weighted by molar-refractivity contribution is 4.50. The number of rotatable bonds is 2. The van der Waals surface area contributed by atoms with Crippen LogP contribution in [0.15, 0.2) is 0 Å². The Bertz CT molecular complexity index is 32.5. The van der Waals surface area contributed by atoms with E-state index in [1.54, 1.807) is 0 Å². The average molecular weight is 188 g/mol. The second-order valence-corrected chi connectivity index (χ2v) is 3.12. The molecule has 0 nitrogen and oxygen atoms in total. The molecule has 0 aliphatic heterocycles. The van der Waals surface area contributed by atoms with E-state index in [0.29, 0.717) is 0 Å². The van der Waals surface area contributed by atoms with Gasteiger partial charge in [-0.25, -0.2) is 0 Å². The van der Waals surface area contributed by atoms with E-state index < -0.39 is 0 Å². The van der Waals surface area contributed by atoms with E-state index in [0.717, 1.165) is 0 Å². The van der Waals surface area contributed by atoms with Crippen LogP contribution in [0.4, 0.5) is 0 Å². The van der Waals surface area contributed by atoms with Crippen molar-refractivity contribution in [3.05, 3.63) is 0 Å². The third-order valence-corrected chi connectivity index (χ3v) is 1.06. The van der Waals surface area contributed by atoms with Crippen molar-refractivity contribution < 1.29 is 0 Å². The number of unbranched alkanes of at least 4 members (excludes halogenated alkanes) is 2. The Morgan fingerprint density at radius 2 is 0.923 bits per heavy atom. The average Bonchev–Trinajstić information content (AvgIpc) is 2.97. The highest BCUT2D eigenvalue weighted by atomic mass is 14.0. The molecule has 1 saturated carbocycles. The maximum atomic E-state index is 2.21. The minimum absolute atomic E-state index is 1.25. The van der Waals surface area contributed by atoms with Crippen LogP contribution in [0.25, 0.3) is 0 Å². The van der Waals surface area contributed by atoms with Crippen molar-refractivity contribution in [2.24, 2.45) is 0 Å². The summed E-state index contributed by atoms with van der Waals surface area (Å²) >= 11 is 0. The predicted molar refractivity (Wildman–Crippen MR) is 66.4 cm³/mol. The molecule has 84 valence electrons. The van der Waals surface area contributed by atoms with E-state index in [1.165, 1.54) is 44.9 Å². The van der Waals surface area contributed by atoms with Gasteiger partial charge in [0.05, 0.1) is 0 Å². The Balaban J connectivity index is -0.000000109. The van der Waals surface area contributed by atoms with E-state index in [1.807, 2.05) is 13.8 Å². The first kappa shape index (κ1) is 18.7. The molecule has 1 aliphatic rings. The van der Waals surface area contributed by atoms with Crippen LogP contribution in [0.3, 0.4) is 0 Å². The molecule has 0 aromatic carbocycles. The van der Waals surface area contributed by atoms with Gasteiger partial charge in [0.25, 0.3) is 0 Å². The third-order valence-electron chi connectivity index (χ3n) is 1.06. The zero-order valence-corrected chi connectivity index (χ0v) is 10.9. The standard InChI is InChI=1S/C5H12.C3H6.C3H8.C2H6/c1-3-5-4-2;1-2-3-1;1-3-2;1-2/h3-5H2,1-2H3;1-3H2;3H2,1-2H3;1-2H3. The molecule has 0 radical (unpaired) electrons. The van der Waals surface area contributed by atoms with Crippen LogP contribution in [0.2, 0.25) is 0 Å². The second-order valence-electron chi connectivity index (χ2n) is 3.12. The summed E-state index contributed by atoms with van der Waals surface area (Å²) in [7, 11) is 0.